The SMILES string of the molecule is Cc1nc(C)c(C(=O)NC2CC2c2ccccc2)s1. The maximum Gasteiger partial charge on any atom is 0.263 e. The van der Waals surface area contributed by atoms with Crippen LogP contribution in [0, 0.1) is 13.8 Å². The second kappa shape index (κ2) is 4.78. The molecule has 1 aromatic carbocycles. The van der Waals surface area contributed by atoms with Crippen LogP contribution in [-0.2, 0) is 0 Å². The van der Waals surface area contributed by atoms with E-state index in [-0.39, 0.29) is 11.9 Å². The largest absolute Gasteiger partial charge is 0.348 e. The van der Waals surface area contributed by atoms with Crippen molar-refractivity contribution < 1.29 is 4.79 Å². The molecule has 4 heteroatoms. The van der Waals surface area contributed by atoms with Crippen LogP contribution in [0.4, 0.5) is 0 Å². The highest BCUT2D eigenvalue weighted by atomic mass is 32.1. The predicted octanol–water partition coefficient (Wildman–Crippen LogP) is 3.05. The highest BCUT2D eigenvalue weighted by Gasteiger charge is 2.39. The fraction of sp³-hybridized carbons (Fsp3) is 0.333. The molecule has 0 saturated heterocycles. The van der Waals surface area contributed by atoms with Gasteiger partial charge in [0.15, 0.2) is 0 Å². The minimum atomic E-state index is 0.0199. The first-order valence-corrected chi connectivity index (χ1v) is 7.26. The van der Waals surface area contributed by atoms with Crippen LogP contribution in [0.3, 0.4) is 0 Å². The van der Waals surface area contributed by atoms with Gasteiger partial charge in [-0.1, -0.05) is 30.3 Å². The van der Waals surface area contributed by atoms with E-state index in [4.69, 9.17) is 0 Å². The van der Waals surface area contributed by atoms with Crippen molar-refractivity contribution in [1.82, 2.24) is 10.3 Å². The number of thiazole rings is 1. The van der Waals surface area contributed by atoms with Gasteiger partial charge >= 0.3 is 0 Å². The molecule has 1 aromatic heterocycles. The Hall–Kier alpha value is -1.68. The first-order valence-electron chi connectivity index (χ1n) is 6.45. The van der Waals surface area contributed by atoms with Crippen molar-refractivity contribution in [2.45, 2.75) is 32.2 Å². The molecule has 0 aliphatic heterocycles. The monoisotopic (exact) mass is 272 g/mol. The molecule has 3 rings (SSSR count). The van der Waals surface area contributed by atoms with Crippen LogP contribution in [-0.4, -0.2) is 16.9 Å². The minimum Gasteiger partial charge on any atom is -0.348 e. The van der Waals surface area contributed by atoms with Crippen LogP contribution < -0.4 is 5.32 Å². The van der Waals surface area contributed by atoms with E-state index < -0.39 is 0 Å². The van der Waals surface area contributed by atoms with Crippen LogP contribution in [0.5, 0.6) is 0 Å². The molecule has 2 atom stereocenters. The molecular formula is C15H16N2OS. The number of benzene rings is 1. The number of hydrogen-bond donors (Lipinski definition) is 1. The summed E-state index contributed by atoms with van der Waals surface area (Å²) in [7, 11) is 0. The smallest absolute Gasteiger partial charge is 0.263 e. The lowest BCUT2D eigenvalue weighted by molar-refractivity contribution is 0.0953. The number of amides is 1. The molecule has 19 heavy (non-hydrogen) atoms. The van der Waals surface area contributed by atoms with Gasteiger partial charge in [0, 0.05) is 12.0 Å². The van der Waals surface area contributed by atoms with Gasteiger partial charge in [-0.2, -0.15) is 0 Å². The fourth-order valence-corrected chi connectivity index (χ4v) is 3.22. The Balaban J connectivity index is 1.65. The summed E-state index contributed by atoms with van der Waals surface area (Å²) in [6.45, 7) is 3.82. The Morgan fingerprint density at radius 1 is 1.32 bits per heavy atom. The molecule has 1 amide bonds. The topological polar surface area (TPSA) is 42.0 Å². The second-order valence-corrected chi connectivity index (χ2v) is 6.18. The number of aromatic nitrogens is 1. The van der Waals surface area contributed by atoms with Crippen LogP contribution in [0.1, 0.15) is 38.3 Å². The van der Waals surface area contributed by atoms with Gasteiger partial charge < -0.3 is 5.32 Å². The van der Waals surface area contributed by atoms with Gasteiger partial charge in [-0.05, 0) is 25.8 Å². The molecule has 0 radical (unpaired) electrons. The molecule has 0 bridgehead atoms. The van der Waals surface area contributed by atoms with Crippen LogP contribution >= 0.6 is 11.3 Å². The van der Waals surface area contributed by atoms with E-state index in [1.807, 2.05) is 32.0 Å². The first kappa shape index (κ1) is 12.4. The fourth-order valence-electron chi connectivity index (χ4n) is 2.40. The number of carbonyl (C=O) groups is 1. The Labute approximate surface area is 116 Å². The summed E-state index contributed by atoms with van der Waals surface area (Å²) in [5.74, 6) is 0.492. The molecule has 1 aliphatic carbocycles. The van der Waals surface area contributed by atoms with Gasteiger partial charge in [-0.15, -0.1) is 11.3 Å². The highest BCUT2D eigenvalue weighted by Crippen LogP contribution is 2.40. The van der Waals surface area contributed by atoms with Crippen molar-refractivity contribution in [3.63, 3.8) is 0 Å². The highest BCUT2D eigenvalue weighted by molar-refractivity contribution is 7.13. The third-order valence-electron chi connectivity index (χ3n) is 3.44. The molecule has 1 saturated carbocycles. The average molecular weight is 272 g/mol. The summed E-state index contributed by atoms with van der Waals surface area (Å²) >= 11 is 1.47. The number of rotatable bonds is 3. The first-order chi connectivity index (χ1) is 9.15. The Kier molecular flexibility index (Phi) is 3.11. The molecular weight excluding hydrogens is 256 g/mol. The number of hydrogen-bond acceptors (Lipinski definition) is 3. The second-order valence-electron chi connectivity index (χ2n) is 4.98. The van der Waals surface area contributed by atoms with Gasteiger partial charge in [0.25, 0.3) is 5.91 Å². The van der Waals surface area contributed by atoms with Gasteiger partial charge in [-0.25, -0.2) is 4.98 Å². The Morgan fingerprint density at radius 2 is 2.05 bits per heavy atom. The lowest BCUT2D eigenvalue weighted by atomic mass is 10.1. The minimum absolute atomic E-state index is 0.0199. The number of carbonyl (C=O) groups excluding carboxylic acids is 1. The van der Waals surface area contributed by atoms with Crippen molar-refractivity contribution in [3.8, 4) is 0 Å². The normalized spacial score (nSPS) is 21.2. The standard InChI is InChI=1S/C15H16N2OS/c1-9-14(19-10(2)16-9)15(18)17-13-8-12(13)11-6-4-3-5-7-11/h3-7,12-13H,8H2,1-2H3,(H,17,18). The van der Waals surface area contributed by atoms with E-state index >= 15 is 0 Å². The van der Waals surface area contributed by atoms with Crippen LogP contribution in [0.15, 0.2) is 30.3 Å². The van der Waals surface area contributed by atoms with Crippen molar-refractivity contribution in [2.75, 3.05) is 0 Å². The molecule has 2 unspecified atom stereocenters. The van der Waals surface area contributed by atoms with Crippen molar-refractivity contribution in [2.24, 2.45) is 0 Å². The van der Waals surface area contributed by atoms with E-state index in [1.54, 1.807) is 0 Å². The summed E-state index contributed by atoms with van der Waals surface area (Å²) in [5, 5.41) is 4.05. The number of aryl methyl sites for hydroxylation is 2. The molecule has 1 fully saturated rings. The van der Waals surface area contributed by atoms with E-state index in [1.165, 1.54) is 16.9 Å². The summed E-state index contributed by atoms with van der Waals surface area (Å²) in [6, 6.07) is 10.6. The van der Waals surface area contributed by atoms with Crippen LogP contribution in [0.2, 0.25) is 0 Å². The zero-order valence-corrected chi connectivity index (χ0v) is 11.8. The quantitative estimate of drug-likeness (QED) is 0.933. The third kappa shape index (κ3) is 2.54. The summed E-state index contributed by atoms with van der Waals surface area (Å²) < 4.78 is 0. The van der Waals surface area contributed by atoms with Gasteiger partial charge in [-0.3, -0.25) is 4.79 Å². The number of nitrogens with zero attached hydrogens (tertiary/aromatic N) is 1. The van der Waals surface area contributed by atoms with E-state index in [2.05, 4.69) is 22.4 Å². The molecule has 3 nitrogen and oxygen atoms in total. The van der Waals surface area contributed by atoms with E-state index in [9.17, 15) is 4.79 Å². The van der Waals surface area contributed by atoms with E-state index in [0.717, 1.165) is 22.0 Å². The maximum absolute atomic E-state index is 12.2. The molecule has 1 heterocycles. The number of nitrogens with one attached hydrogen (secondary N) is 1. The molecule has 1 aliphatic rings. The molecule has 98 valence electrons. The van der Waals surface area contributed by atoms with Crippen LogP contribution in [0.25, 0.3) is 0 Å². The average Bonchev–Trinajstić information content (AvgIpc) is 3.07. The lowest BCUT2D eigenvalue weighted by Crippen LogP contribution is -2.26. The van der Waals surface area contributed by atoms with E-state index in [0.29, 0.717) is 5.92 Å². The molecule has 2 aromatic rings. The van der Waals surface area contributed by atoms with Gasteiger partial charge in [0.2, 0.25) is 0 Å². The predicted molar refractivity (Wildman–Crippen MR) is 76.6 cm³/mol. The molecule has 1 N–H and O–H groups in total. The third-order valence-corrected chi connectivity index (χ3v) is 4.52. The zero-order chi connectivity index (χ0) is 13.4. The zero-order valence-electron chi connectivity index (χ0n) is 11.0. The van der Waals surface area contributed by atoms with Gasteiger partial charge in [0.1, 0.15) is 4.88 Å². The lowest BCUT2D eigenvalue weighted by Gasteiger charge is -2.03. The van der Waals surface area contributed by atoms with Crippen molar-refractivity contribution in [3.05, 3.63) is 51.5 Å². The van der Waals surface area contributed by atoms with Crippen molar-refractivity contribution >= 4 is 17.2 Å². The maximum atomic E-state index is 12.2. The Morgan fingerprint density at radius 3 is 2.68 bits per heavy atom. The van der Waals surface area contributed by atoms with Crippen molar-refractivity contribution in [1.29, 1.82) is 0 Å². The Bertz CT molecular complexity index is 606. The summed E-state index contributed by atoms with van der Waals surface area (Å²) in [5.41, 5.74) is 2.14. The summed E-state index contributed by atoms with van der Waals surface area (Å²) in [4.78, 5) is 17.2. The molecule has 0 spiro atoms. The summed E-state index contributed by atoms with van der Waals surface area (Å²) in [6.07, 6.45) is 1.03. The van der Waals surface area contributed by atoms with Gasteiger partial charge in [0.05, 0.1) is 10.7 Å².